The largest absolute Gasteiger partial charge is 0.444 e. The van der Waals surface area contributed by atoms with Crippen LogP contribution in [0.5, 0.6) is 0 Å². The lowest BCUT2D eigenvalue weighted by atomic mass is 10.2. The van der Waals surface area contributed by atoms with Gasteiger partial charge in [-0.15, -0.1) is 5.16 Å². The smallest absolute Gasteiger partial charge is 0.410 e. The molecule has 1 heterocycles. The minimum absolute atomic E-state index is 0.0278. The van der Waals surface area contributed by atoms with Crippen LogP contribution in [0.2, 0.25) is 0 Å². The van der Waals surface area contributed by atoms with E-state index in [2.05, 4.69) is 11.9 Å². The van der Waals surface area contributed by atoms with Crippen molar-refractivity contribution >= 4 is 12.8 Å². The predicted octanol–water partition coefficient (Wildman–Crippen LogP) is 1.24. The third-order valence-electron chi connectivity index (χ3n) is 1.72. The first kappa shape index (κ1) is 10.8. The van der Waals surface area contributed by atoms with E-state index in [9.17, 15) is 4.79 Å². The molecular formula is C9H16N2O3. The van der Waals surface area contributed by atoms with Crippen LogP contribution in [-0.2, 0) is 9.57 Å². The molecule has 0 aromatic rings. The van der Waals surface area contributed by atoms with Gasteiger partial charge in [-0.3, -0.25) is 0 Å². The summed E-state index contributed by atoms with van der Waals surface area (Å²) < 4.78 is 5.15. The molecule has 1 amide bonds. The molecule has 0 aromatic carbocycles. The van der Waals surface area contributed by atoms with Crippen LogP contribution in [0.1, 0.15) is 20.8 Å². The zero-order chi connectivity index (χ0) is 10.8. The second-order valence-electron chi connectivity index (χ2n) is 4.24. The van der Waals surface area contributed by atoms with Crippen molar-refractivity contribution in [2.24, 2.45) is 5.16 Å². The lowest BCUT2D eigenvalue weighted by Crippen LogP contribution is -2.55. The maximum atomic E-state index is 11.4. The van der Waals surface area contributed by atoms with Crippen molar-refractivity contribution in [2.45, 2.75) is 32.5 Å². The van der Waals surface area contributed by atoms with E-state index in [0.717, 1.165) is 0 Å². The Morgan fingerprint density at radius 2 is 2.07 bits per heavy atom. The third-order valence-corrected chi connectivity index (χ3v) is 1.72. The van der Waals surface area contributed by atoms with Crippen LogP contribution in [0.15, 0.2) is 5.16 Å². The van der Waals surface area contributed by atoms with Gasteiger partial charge in [0.05, 0.1) is 13.1 Å². The van der Waals surface area contributed by atoms with E-state index in [1.807, 2.05) is 20.8 Å². The average molecular weight is 200 g/mol. The van der Waals surface area contributed by atoms with Crippen molar-refractivity contribution in [3.05, 3.63) is 0 Å². The van der Waals surface area contributed by atoms with Crippen molar-refractivity contribution in [3.63, 3.8) is 0 Å². The Labute approximate surface area is 83.7 Å². The third kappa shape index (κ3) is 2.90. The van der Waals surface area contributed by atoms with Gasteiger partial charge in [-0.2, -0.15) is 0 Å². The number of ether oxygens (including phenoxy) is 1. The molecule has 0 radical (unpaired) electrons. The molecule has 0 bridgehead atoms. The predicted molar refractivity (Wildman–Crippen MR) is 52.2 cm³/mol. The molecule has 1 aliphatic heterocycles. The van der Waals surface area contributed by atoms with Gasteiger partial charge in [0.15, 0.2) is 6.10 Å². The van der Waals surface area contributed by atoms with Crippen LogP contribution in [-0.4, -0.2) is 42.5 Å². The number of amides is 1. The molecule has 0 aliphatic carbocycles. The maximum absolute atomic E-state index is 11.4. The van der Waals surface area contributed by atoms with Gasteiger partial charge in [-0.05, 0) is 20.8 Å². The molecule has 80 valence electrons. The summed E-state index contributed by atoms with van der Waals surface area (Å²) in [4.78, 5) is 17.8. The Hall–Kier alpha value is -1.26. The van der Waals surface area contributed by atoms with Crippen molar-refractivity contribution in [3.8, 4) is 0 Å². The molecule has 0 atom stereocenters. The first-order valence-electron chi connectivity index (χ1n) is 4.52. The van der Waals surface area contributed by atoms with E-state index in [1.54, 1.807) is 4.90 Å². The summed E-state index contributed by atoms with van der Waals surface area (Å²) in [6, 6.07) is 0. The van der Waals surface area contributed by atoms with Crippen LogP contribution in [0.25, 0.3) is 0 Å². The molecule has 1 rings (SSSR count). The van der Waals surface area contributed by atoms with Gasteiger partial charge < -0.3 is 14.5 Å². The fourth-order valence-electron chi connectivity index (χ4n) is 1.09. The van der Waals surface area contributed by atoms with E-state index >= 15 is 0 Å². The van der Waals surface area contributed by atoms with Crippen molar-refractivity contribution in [1.29, 1.82) is 0 Å². The zero-order valence-electron chi connectivity index (χ0n) is 8.82. The summed E-state index contributed by atoms with van der Waals surface area (Å²) in [5.74, 6) is 0. The number of rotatable bonds is 2. The number of nitrogens with zero attached hydrogens (tertiary/aromatic N) is 2. The van der Waals surface area contributed by atoms with Crippen LogP contribution in [0.3, 0.4) is 0 Å². The van der Waals surface area contributed by atoms with Crippen molar-refractivity contribution in [1.82, 2.24) is 4.90 Å². The van der Waals surface area contributed by atoms with Gasteiger partial charge in [-0.1, -0.05) is 0 Å². The van der Waals surface area contributed by atoms with E-state index < -0.39 is 5.60 Å². The van der Waals surface area contributed by atoms with Gasteiger partial charge in [0.25, 0.3) is 0 Å². The second-order valence-corrected chi connectivity index (χ2v) is 4.24. The molecule has 0 N–H and O–H groups in total. The summed E-state index contributed by atoms with van der Waals surface area (Å²) in [5, 5.41) is 3.30. The topological polar surface area (TPSA) is 51.1 Å². The summed E-state index contributed by atoms with van der Waals surface area (Å²) >= 11 is 0. The highest BCUT2D eigenvalue weighted by molar-refractivity contribution is 5.69. The number of carbonyl (C=O) groups excluding carboxylic acids is 1. The number of likely N-dealkylation sites (tertiary alicyclic amines) is 1. The number of carbonyl (C=O) groups is 1. The molecule has 0 aromatic heterocycles. The fourth-order valence-corrected chi connectivity index (χ4v) is 1.09. The highest BCUT2D eigenvalue weighted by Gasteiger charge is 2.35. The van der Waals surface area contributed by atoms with Crippen LogP contribution >= 0.6 is 0 Å². The normalized spacial score (nSPS) is 17.2. The highest BCUT2D eigenvalue weighted by Crippen LogP contribution is 2.16. The molecule has 5 heteroatoms. The first-order chi connectivity index (χ1) is 6.42. The molecule has 14 heavy (non-hydrogen) atoms. The zero-order valence-corrected chi connectivity index (χ0v) is 8.82. The Kier molecular flexibility index (Phi) is 2.98. The standard InChI is InChI=1S/C9H16N2O3/c1-9(2,3)13-8(12)11-5-7(6-11)14-10-4/h7H,4-6H2,1-3H3. The summed E-state index contributed by atoms with van der Waals surface area (Å²) in [7, 11) is 0. The fraction of sp³-hybridized carbons (Fsp3) is 0.778. The van der Waals surface area contributed by atoms with Crippen LogP contribution in [0, 0.1) is 0 Å². The maximum Gasteiger partial charge on any atom is 0.410 e. The summed E-state index contributed by atoms with van der Waals surface area (Å²) in [5.41, 5.74) is -0.445. The minimum atomic E-state index is -0.445. The monoisotopic (exact) mass is 200 g/mol. The Morgan fingerprint density at radius 3 is 2.50 bits per heavy atom. The van der Waals surface area contributed by atoms with Gasteiger partial charge in [0.1, 0.15) is 5.60 Å². The average Bonchev–Trinajstić information content (AvgIpc) is 1.91. The lowest BCUT2D eigenvalue weighted by molar-refractivity contribution is -0.0611. The van der Waals surface area contributed by atoms with E-state index in [0.29, 0.717) is 13.1 Å². The number of hydrogen-bond acceptors (Lipinski definition) is 4. The van der Waals surface area contributed by atoms with Crippen LogP contribution in [0.4, 0.5) is 4.79 Å². The van der Waals surface area contributed by atoms with Crippen molar-refractivity contribution < 1.29 is 14.4 Å². The minimum Gasteiger partial charge on any atom is -0.444 e. The van der Waals surface area contributed by atoms with Gasteiger partial charge in [0.2, 0.25) is 0 Å². The molecule has 5 nitrogen and oxygen atoms in total. The van der Waals surface area contributed by atoms with E-state index in [-0.39, 0.29) is 12.2 Å². The van der Waals surface area contributed by atoms with Gasteiger partial charge in [0, 0.05) is 6.72 Å². The Morgan fingerprint density at radius 1 is 1.50 bits per heavy atom. The summed E-state index contributed by atoms with van der Waals surface area (Å²) in [6.45, 7) is 9.76. The van der Waals surface area contributed by atoms with E-state index in [4.69, 9.17) is 9.57 Å². The second kappa shape index (κ2) is 3.86. The Balaban J connectivity index is 2.26. The number of oxime groups is 1. The molecule has 1 fully saturated rings. The van der Waals surface area contributed by atoms with Gasteiger partial charge in [-0.25, -0.2) is 4.79 Å². The lowest BCUT2D eigenvalue weighted by Gasteiger charge is -2.37. The van der Waals surface area contributed by atoms with E-state index in [1.165, 1.54) is 0 Å². The highest BCUT2D eigenvalue weighted by atomic mass is 16.6. The Bertz CT molecular complexity index is 229. The summed E-state index contributed by atoms with van der Waals surface area (Å²) in [6.07, 6.45) is -0.332. The van der Waals surface area contributed by atoms with Gasteiger partial charge >= 0.3 is 6.09 Å². The molecule has 1 saturated heterocycles. The van der Waals surface area contributed by atoms with Crippen molar-refractivity contribution in [2.75, 3.05) is 13.1 Å². The number of hydrogen-bond donors (Lipinski definition) is 0. The SMILES string of the molecule is C=NOC1CN(C(=O)OC(C)(C)C)C1. The quantitative estimate of drug-likeness (QED) is 0.497. The molecule has 0 unspecified atom stereocenters. The first-order valence-corrected chi connectivity index (χ1v) is 4.52. The molecule has 1 aliphatic rings. The molecule has 0 spiro atoms. The van der Waals surface area contributed by atoms with Crippen LogP contribution < -0.4 is 0 Å². The molecular weight excluding hydrogens is 184 g/mol. The molecule has 0 saturated carbocycles.